The molecule has 2 aliphatic heterocycles. The van der Waals surface area contributed by atoms with Crippen molar-refractivity contribution in [3.05, 3.63) is 46.7 Å². The van der Waals surface area contributed by atoms with E-state index in [9.17, 15) is 0 Å². The molecule has 0 N–H and O–H groups in total. The van der Waals surface area contributed by atoms with Crippen LogP contribution >= 0.6 is 11.3 Å². The molecule has 0 spiro atoms. The van der Waals surface area contributed by atoms with E-state index in [2.05, 4.69) is 20.2 Å². The van der Waals surface area contributed by atoms with Gasteiger partial charge in [-0.05, 0) is 31.4 Å². The van der Waals surface area contributed by atoms with Crippen molar-refractivity contribution in [1.29, 1.82) is 0 Å². The number of thiazole rings is 1. The molecule has 0 aliphatic carbocycles. The Kier molecular flexibility index (Phi) is 5.18. The zero-order valence-corrected chi connectivity index (χ0v) is 14.5. The molecule has 0 amide bonds. The van der Waals surface area contributed by atoms with Gasteiger partial charge in [-0.1, -0.05) is 6.07 Å². The number of likely N-dealkylation sites (tertiary alicyclic amines) is 1. The Morgan fingerprint density at radius 2 is 2.21 bits per heavy atom. The molecule has 0 bridgehead atoms. The van der Waals surface area contributed by atoms with Crippen molar-refractivity contribution in [2.75, 3.05) is 13.2 Å². The quantitative estimate of drug-likeness (QED) is 0.806. The van der Waals surface area contributed by atoms with Crippen molar-refractivity contribution in [3.63, 3.8) is 0 Å². The Hall–Kier alpha value is -1.34. The van der Waals surface area contributed by atoms with E-state index in [1.54, 1.807) is 17.5 Å². The van der Waals surface area contributed by atoms with Gasteiger partial charge in [-0.3, -0.25) is 9.88 Å². The molecule has 5 nitrogen and oxygen atoms in total. The molecule has 0 saturated carbocycles. The number of fused-ring (bicyclic) bond motifs is 1. The number of aromatic nitrogens is 2. The Balaban J connectivity index is 1.23. The van der Waals surface area contributed by atoms with E-state index in [-0.39, 0.29) is 6.10 Å². The van der Waals surface area contributed by atoms with Crippen LogP contribution in [0.4, 0.5) is 0 Å². The van der Waals surface area contributed by atoms with Gasteiger partial charge in [0.1, 0.15) is 5.01 Å². The average molecular weight is 345 g/mol. The van der Waals surface area contributed by atoms with Crippen molar-refractivity contribution in [3.8, 4) is 0 Å². The van der Waals surface area contributed by atoms with Crippen molar-refractivity contribution in [2.45, 2.75) is 50.7 Å². The third-order valence-electron chi connectivity index (χ3n) is 4.85. The van der Waals surface area contributed by atoms with Crippen molar-refractivity contribution >= 4 is 11.3 Å². The highest BCUT2D eigenvalue weighted by atomic mass is 32.1. The second-order valence-electron chi connectivity index (χ2n) is 6.46. The van der Waals surface area contributed by atoms with Crippen LogP contribution in [-0.2, 0) is 22.6 Å². The van der Waals surface area contributed by atoms with Crippen LogP contribution in [0.1, 0.15) is 30.0 Å². The summed E-state index contributed by atoms with van der Waals surface area (Å²) >= 11 is 1.74. The number of hydrogen-bond donors (Lipinski definition) is 0. The van der Waals surface area contributed by atoms with E-state index >= 15 is 0 Å². The fourth-order valence-electron chi connectivity index (χ4n) is 3.69. The molecule has 4 rings (SSSR count). The maximum atomic E-state index is 6.29. The Morgan fingerprint density at radius 1 is 1.21 bits per heavy atom. The molecule has 6 heteroatoms. The molecule has 2 aromatic rings. The first-order chi connectivity index (χ1) is 11.9. The molecular weight excluding hydrogens is 322 g/mol. The summed E-state index contributed by atoms with van der Waals surface area (Å²) in [7, 11) is 0. The summed E-state index contributed by atoms with van der Waals surface area (Å²) in [5.41, 5.74) is 0.974. The number of ether oxygens (including phenoxy) is 2. The highest BCUT2D eigenvalue weighted by Crippen LogP contribution is 2.32. The van der Waals surface area contributed by atoms with Gasteiger partial charge >= 0.3 is 0 Å². The second-order valence-corrected chi connectivity index (χ2v) is 7.44. The molecule has 2 saturated heterocycles. The largest absolute Gasteiger partial charge is 0.372 e. The summed E-state index contributed by atoms with van der Waals surface area (Å²) in [4.78, 5) is 11.2. The smallest absolute Gasteiger partial charge is 0.107 e. The van der Waals surface area contributed by atoms with Crippen LogP contribution < -0.4 is 0 Å². The van der Waals surface area contributed by atoms with E-state index in [4.69, 9.17) is 9.47 Å². The number of pyridine rings is 1. The first-order valence-electron chi connectivity index (χ1n) is 8.64. The third-order valence-corrected chi connectivity index (χ3v) is 5.62. The van der Waals surface area contributed by atoms with Crippen LogP contribution in [0.15, 0.2) is 36.0 Å². The summed E-state index contributed by atoms with van der Waals surface area (Å²) in [5, 5.41) is 3.26. The highest BCUT2D eigenvalue weighted by Gasteiger charge is 2.39. The minimum absolute atomic E-state index is 0.217. The minimum atomic E-state index is 0.217. The van der Waals surface area contributed by atoms with Gasteiger partial charge in [0.15, 0.2) is 0 Å². The molecule has 4 heterocycles. The summed E-state index contributed by atoms with van der Waals surface area (Å²) in [6.07, 6.45) is 7.63. The molecule has 2 aromatic heterocycles. The lowest BCUT2D eigenvalue weighted by atomic mass is 9.99. The second kappa shape index (κ2) is 7.70. The third kappa shape index (κ3) is 3.83. The highest BCUT2D eigenvalue weighted by molar-refractivity contribution is 7.09. The monoisotopic (exact) mass is 345 g/mol. The fourth-order valence-corrected chi connectivity index (χ4v) is 4.33. The molecule has 24 heavy (non-hydrogen) atoms. The summed E-state index contributed by atoms with van der Waals surface area (Å²) in [6.45, 7) is 3.29. The maximum absolute atomic E-state index is 6.29. The van der Waals surface area contributed by atoms with Gasteiger partial charge in [0.25, 0.3) is 0 Å². The standard InChI is InChI=1S/C18H23N3O2S/c1-2-7-19-14(3-1)12-22-13-15-4-5-16-17(23-15)6-9-21(16)11-18-20-8-10-24-18/h1-3,7-8,10,15-17H,4-6,9,11-13H2/t15-,16-,17-/m0/s1. The first-order valence-corrected chi connectivity index (χ1v) is 9.52. The predicted molar refractivity (Wildman–Crippen MR) is 92.7 cm³/mol. The van der Waals surface area contributed by atoms with Crippen LogP contribution in [-0.4, -0.2) is 46.3 Å². The molecule has 2 aliphatic rings. The molecule has 3 atom stereocenters. The number of nitrogens with zero attached hydrogens (tertiary/aromatic N) is 3. The normalized spacial score (nSPS) is 27.2. The van der Waals surface area contributed by atoms with Crippen molar-refractivity contribution < 1.29 is 9.47 Å². The Labute approximate surface area is 146 Å². The SMILES string of the molecule is c1ccc(COC[C@@H]2CC[C@H]3[C@H](CCN3Cc3nccs3)O2)nc1. The van der Waals surface area contributed by atoms with E-state index in [1.807, 2.05) is 24.4 Å². The lowest BCUT2D eigenvalue weighted by Crippen LogP contribution is -2.43. The van der Waals surface area contributed by atoms with Crippen molar-refractivity contribution in [2.24, 2.45) is 0 Å². The zero-order valence-electron chi connectivity index (χ0n) is 13.7. The van der Waals surface area contributed by atoms with Gasteiger partial charge in [-0.15, -0.1) is 11.3 Å². The van der Waals surface area contributed by atoms with Crippen LogP contribution in [0, 0.1) is 0 Å². The lowest BCUT2D eigenvalue weighted by Gasteiger charge is -2.35. The maximum Gasteiger partial charge on any atom is 0.107 e. The lowest BCUT2D eigenvalue weighted by molar-refractivity contribution is -0.102. The van der Waals surface area contributed by atoms with Gasteiger partial charge < -0.3 is 9.47 Å². The van der Waals surface area contributed by atoms with Crippen LogP contribution in [0.3, 0.4) is 0 Å². The first kappa shape index (κ1) is 16.1. The number of rotatable bonds is 6. The Morgan fingerprint density at radius 3 is 3.04 bits per heavy atom. The average Bonchev–Trinajstić information content (AvgIpc) is 3.26. The summed E-state index contributed by atoms with van der Waals surface area (Å²) < 4.78 is 12.1. The predicted octanol–water partition coefficient (Wildman–Crippen LogP) is 2.88. The van der Waals surface area contributed by atoms with Crippen LogP contribution in [0.25, 0.3) is 0 Å². The molecule has 2 fully saturated rings. The van der Waals surface area contributed by atoms with Gasteiger partial charge in [0, 0.05) is 30.4 Å². The van der Waals surface area contributed by atoms with Gasteiger partial charge in [0.05, 0.1) is 37.7 Å². The van der Waals surface area contributed by atoms with Gasteiger partial charge in [-0.25, -0.2) is 4.98 Å². The summed E-state index contributed by atoms with van der Waals surface area (Å²) in [5.74, 6) is 0. The molecule has 0 aromatic carbocycles. The molecule has 0 radical (unpaired) electrons. The van der Waals surface area contributed by atoms with Gasteiger partial charge in [-0.2, -0.15) is 0 Å². The molecule has 128 valence electrons. The van der Waals surface area contributed by atoms with E-state index in [1.165, 1.54) is 11.4 Å². The zero-order chi connectivity index (χ0) is 16.2. The Bertz CT molecular complexity index is 622. The van der Waals surface area contributed by atoms with E-state index in [0.29, 0.717) is 25.4 Å². The van der Waals surface area contributed by atoms with E-state index < -0.39 is 0 Å². The fraction of sp³-hybridized carbons (Fsp3) is 0.556. The van der Waals surface area contributed by atoms with Crippen LogP contribution in [0.5, 0.6) is 0 Å². The minimum Gasteiger partial charge on any atom is -0.372 e. The number of hydrogen-bond acceptors (Lipinski definition) is 6. The summed E-state index contributed by atoms with van der Waals surface area (Å²) in [6, 6.07) is 6.44. The molecular formula is C18H23N3O2S. The molecule has 0 unspecified atom stereocenters. The van der Waals surface area contributed by atoms with Gasteiger partial charge in [0.2, 0.25) is 0 Å². The van der Waals surface area contributed by atoms with Crippen LogP contribution in [0.2, 0.25) is 0 Å². The van der Waals surface area contributed by atoms with E-state index in [0.717, 1.165) is 31.6 Å². The topological polar surface area (TPSA) is 47.5 Å². The van der Waals surface area contributed by atoms with Crippen molar-refractivity contribution in [1.82, 2.24) is 14.9 Å².